The van der Waals surface area contributed by atoms with Crippen LogP contribution in [0.2, 0.25) is 0 Å². The third kappa shape index (κ3) is 1.78. The highest BCUT2D eigenvalue weighted by molar-refractivity contribution is 9.10. The van der Waals surface area contributed by atoms with Crippen LogP contribution < -0.4 is 5.73 Å². The van der Waals surface area contributed by atoms with E-state index < -0.39 is 31.2 Å². The minimum Gasteiger partial charge on any atom is -0.386 e. The quantitative estimate of drug-likeness (QED) is 0.846. The molecule has 2 aliphatic rings. The lowest BCUT2D eigenvalue weighted by Gasteiger charge is -2.40. The molecule has 1 aromatic carbocycles. The van der Waals surface area contributed by atoms with Crippen LogP contribution in [0.4, 0.5) is 4.39 Å². The zero-order valence-corrected chi connectivity index (χ0v) is 14.8. The van der Waals surface area contributed by atoms with Gasteiger partial charge in [-0.3, -0.25) is 4.99 Å². The monoisotopic (exact) mass is 388 g/mol. The van der Waals surface area contributed by atoms with E-state index in [-0.39, 0.29) is 11.4 Å². The van der Waals surface area contributed by atoms with Gasteiger partial charge in [-0.1, -0.05) is 22.9 Å². The lowest BCUT2D eigenvalue weighted by atomic mass is 9.87. The summed E-state index contributed by atoms with van der Waals surface area (Å²) in [5.74, 6) is -0.348. The number of halogens is 2. The van der Waals surface area contributed by atoms with E-state index in [1.54, 1.807) is 19.1 Å². The molecule has 0 spiro atoms. The Kier molecular flexibility index (Phi) is 3.45. The molecule has 2 bridgehead atoms. The van der Waals surface area contributed by atoms with E-state index in [2.05, 4.69) is 20.9 Å². The molecule has 22 heavy (non-hydrogen) atoms. The number of fused-ring (bicyclic) bond motifs is 2. The average Bonchev–Trinajstić information content (AvgIpc) is 2.65. The van der Waals surface area contributed by atoms with E-state index in [0.717, 1.165) is 0 Å². The summed E-state index contributed by atoms with van der Waals surface area (Å²) >= 11 is 3.31. The fraction of sp³-hybridized carbons (Fsp3) is 0.533. The fourth-order valence-electron chi connectivity index (χ4n) is 3.89. The first kappa shape index (κ1) is 15.9. The molecule has 2 N–H and O–H groups in total. The van der Waals surface area contributed by atoms with Crippen molar-refractivity contribution < 1.29 is 12.8 Å². The van der Waals surface area contributed by atoms with Crippen molar-refractivity contribution in [1.29, 1.82) is 0 Å². The third-order valence-corrected chi connectivity index (χ3v) is 8.95. The number of aliphatic imine (C=N–C) groups is 1. The number of benzene rings is 1. The van der Waals surface area contributed by atoms with Gasteiger partial charge in [0.1, 0.15) is 21.9 Å². The number of nitrogens with zero attached hydrogens (tertiary/aromatic N) is 1. The Morgan fingerprint density at radius 1 is 1.50 bits per heavy atom. The van der Waals surface area contributed by atoms with E-state index in [0.29, 0.717) is 23.7 Å². The Morgan fingerprint density at radius 2 is 2.18 bits per heavy atom. The van der Waals surface area contributed by atoms with Crippen LogP contribution in [-0.4, -0.2) is 24.3 Å². The van der Waals surface area contributed by atoms with Crippen molar-refractivity contribution in [2.45, 2.75) is 48.6 Å². The Hall–Kier alpha value is -0.950. The van der Waals surface area contributed by atoms with E-state index in [1.807, 2.05) is 6.92 Å². The summed E-state index contributed by atoms with van der Waals surface area (Å²) in [4.78, 5) is 4.50. The fourth-order valence-corrected chi connectivity index (χ4v) is 7.15. The first-order valence-corrected chi connectivity index (χ1v) is 9.58. The van der Waals surface area contributed by atoms with Crippen LogP contribution in [0.15, 0.2) is 27.7 Å². The molecule has 1 fully saturated rings. The van der Waals surface area contributed by atoms with Gasteiger partial charge < -0.3 is 5.73 Å². The second kappa shape index (κ2) is 4.77. The smallest absolute Gasteiger partial charge is 0.168 e. The van der Waals surface area contributed by atoms with Crippen LogP contribution in [0.5, 0.6) is 0 Å². The Labute approximate surface area is 138 Å². The first-order valence-electron chi connectivity index (χ1n) is 7.24. The van der Waals surface area contributed by atoms with Gasteiger partial charge in [0.15, 0.2) is 9.84 Å². The van der Waals surface area contributed by atoms with E-state index >= 15 is 0 Å². The molecule has 0 radical (unpaired) electrons. The standard InChI is InChI=1S/C15H18BrFN2O2S/c1-3-15-7-6-12(22(15,20)21)14(2,19-13(15)18)10-8-9(16)4-5-11(10)17/h4-5,8,12H,3,6-7H2,1-2H3,(H2,18,19)/t12-,14+,15+/m0/s1. The van der Waals surface area contributed by atoms with Crippen molar-refractivity contribution in [2.24, 2.45) is 10.7 Å². The zero-order valence-electron chi connectivity index (χ0n) is 12.4. The average molecular weight is 389 g/mol. The highest BCUT2D eigenvalue weighted by Crippen LogP contribution is 2.52. The number of rotatable bonds is 2. The highest BCUT2D eigenvalue weighted by Gasteiger charge is 2.64. The second-order valence-corrected chi connectivity index (χ2v) is 9.55. The summed E-state index contributed by atoms with van der Waals surface area (Å²) in [5, 5.41) is -0.740. The van der Waals surface area contributed by atoms with Crippen molar-refractivity contribution in [1.82, 2.24) is 0 Å². The maximum atomic E-state index is 14.4. The van der Waals surface area contributed by atoms with Crippen molar-refractivity contribution in [2.75, 3.05) is 0 Å². The third-order valence-electron chi connectivity index (χ3n) is 5.22. The molecule has 1 aromatic rings. The maximum absolute atomic E-state index is 14.4. The predicted molar refractivity (Wildman–Crippen MR) is 88.0 cm³/mol. The van der Waals surface area contributed by atoms with Gasteiger partial charge in [0.05, 0.1) is 5.25 Å². The Morgan fingerprint density at radius 3 is 2.82 bits per heavy atom. The minimum atomic E-state index is -3.51. The maximum Gasteiger partial charge on any atom is 0.168 e. The number of hydrogen-bond acceptors (Lipinski definition) is 4. The molecule has 0 unspecified atom stereocenters. The van der Waals surface area contributed by atoms with Crippen molar-refractivity contribution in [3.05, 3.63) is 34.1 Å². The van der Waals surface area contributed by atoms with Gasteiger partial charge in [-0.2, -0.15) is 0 Å². The normalized spacial score (nSPS) is 36.2. The highest BCUT2D eigenvalue weighted by atomic mass is 79.9. The van der Waals surface area contributed by atoms with Crippen LogP contribution in [0.25, 0.3) is 0 Å². The number of hydrogen-bond donors (Lipinski definition) is 1. The Bertz CT molecular complexity index is 780. The Balaban J connectivity index is 2.30. The van der Waals surface area contributed by atoms with E-state index in [4.69, 9.17) is 5.73 Å². The topological polar surface area (TPSA) is 72.5 Å². The molecule has 4 nitrogen and oxygen atoms in total. The number of amidine groups is 1. The molecule has 7 heteroatoms. The van der Waals surface area contributed by atoms with E-state index in [1.165, 1.54) is 6.07 Å². The van der Waals surface area contributed by atoms with Crippen molar-refractivity contribution in [3.63, 3.8) is 0 Å². The van der Waals surface area contributed by atoms with Crippen LogP contribution in [0, 0.1) is 5.82 Å². The molecular weight excluding hydrogens is 371 g/mol. The van der Waals surface area contributed by atoms with Gasteiger partial charge in [0.25, 0.3) is 0 Å². The number of nitrogens with two attached hydrogens (primary N) is 1. The largest absolute Gasteiger partial charge is 0.386 e. The molecule has 0 aromatic heterocycles. The van der Waals surface area contributed by atoms with Gasteiger partial charge in [-0.05, 0) is 44.4 Å². The van der Waals surface area contributed by atoms with Gasteiger partial charge in [-0.25, -0.2) is 12.8 Å². The molecule has 0 saturated carbocycles. The van der Waals surface area contributed by atoms with Crippen LogP contribution >= 0.6 is 15.9 Å². The molecule has 3 rings (SSSR count). The summed E-state index contributed by atoms with van der Waals surface area (Å²) < 4.78 is 40.0. The zero-order chi connectivity index (χ0) is 16.3. The summed E-state index contributed by atoms with van der Waals surface area (Å²) in [6.07, 6.45) is 1.30. The first-order chi connectivity index (χ1) is 10.2. The predicted octanol–water partition coefficient (Wildman–Crippen LogP) is 2.90. The van der Waals surface area contributed by atoms with Gasteiger partial charge in [-0.15, -0.1) is 0 Å². The van der Waals surface area contributed by atoms with Gasteiger partial charge in [0.2, 0.25) is 0 Å². The number of sulfone groups is 1. The molecule has 0 amide bonds. The van der Waals surface area contributed by atoms with Gasteiger partial charge in [0, 0.05) is 10.0 Å². The minimum absolute atomic E-state index is 0.116. The molecule has 2 aliphatic heterocycles. The lowest BCUT2D eigenvalue weighted by molar-refractivity contribution is 0.423. The lowest BCUT2D eigenvalue weighted by Crippen LogP contribution is -2.57. The van der Waals surface area contributed by atoms with Gasteiger partial charge >= 0.3 is 0 Å². The van der Waals surface area contributed by atoms with Crippen molar-refractivity contribution in [3.8, 4) is 0 Å². The molecule has 0 aliphatic carbocycles. The summed E-state index contributed by atoms with van der Waals surface area (Å²) in [7, 11) is -3.51. The van der Waals surface area contributed by atoms with Crippen LogP contribution in [-0.2, 0) is 15.4 Å². The summed E-state index contributed by atoms with van der Waals surface area (Å²) in [5.41, 5.74) is 5.16. The van der Waals surface area contributed by atoms with Crippen molar-refractivity contribution >= 4 is 31.6 Å². The van der Waals surface area contributed by atoms with E-state index in [9.17, 15) is 12.8 Å². The molecule has 3 atom stereocenters. The summed E-state index contributed by atoms with van der Waals surface area (Å²) in [6.45, 7) is 3.47. The molecule has 1 saturated heterocycles. The summed E-state index contributed by atoms with van der Waals surface area (Å²) in [6, 6.07) is 4.50. The van der Waals surface area contributed by atoms with Crippen LogP contribution in [0.1, 0.15) is 38.7 Å². The second-order valence-electron chi connectivity index (χ2n) is 6.19. The molecule has 120 valence electrons. The SMILES string of the molecule is CC[C@@]12CC[C@@H]([C@@](C)(c3cc(Br)ccc3F)N=C1N)S2(=O)=O. The molecule has 2 heterocycles. The van der Waals surface area contributed by atoms with Crippen LogP contribution in [0.3, 0.4) is 0 Å². The molecular formula is C15H18BrFN2O2S.